The summed E-state index contributed by atoms with van der Waals surface area (Å²) in [4.78, 5) is 25.7. The summed E-state index contributed by atoms with van der Waals surface area (Å²) in [6, 6.07) is 13.6. The first-order valence-electron chi connectivity index (χ1n) is 8.96. The molecule has 2 amide bonds. The van der Waals surface area contributed by atoms with E-state index in [-0.39, 0.29) is 12.0 Å². The maximum atomic E-state index is 12.3. The van der Waals surface area contributed by atoms with Crippen molar-refractivity contribution in [3.05, 3.63) is 59.2 Å². The number of fused-ring (bicyclic) bond motifs is 1. The lowest BCUT2D eigenvalue weighted by molar-refractivity contribution is -0.116. The molecule has 0 bridgehead atoms. The minimum atomic E-state index is -0.324. The van der Waals surface area contributed by atoms with Gasteiger partial charge in [0.2, 0.25) is 5.91 Å². The number of carbonyl (C=O) groups excluding carboxylic acids is 2. The van der Waals surface area contributed by atoms with Crippen LogP contribution >= 0.6 is 0 Å². The molecule has 0 saturated carbocycles. The summed E-state index contributed by atoms with van der Waals surface area (Å²) < 4.78 is 9.93. The van der Waals surface area contributed by atoms with Crippen LogP contribution < -0.4 is 10.1 Å². The highest BCUT2D eigenvalue weighted by Gasteiger charge is 2.21. The lowest BCUT2D eigenvalue weighted by Crippen LogP contribution is -2.35. The van der Waals surface area contributed by atoms with Crippen molar-refractivity contribution >= 4 is 17.7 Å². The molecule has 27 heavy (non-hydrogen) atoms. The van der Waals surface area contributed by atoms with E-state index in [1.165, 1.54) is 12.7 Å². The first-order chi connectivity index (χ1) is 13.1. The molecule has 0 radical (unpaired) electrons. The lowest BCUT2D eigenvalue weighted by atomic mass is 9.99. The number of nitrogens with zero attached hydrogens (tertiary/aromatic N) is 1. The van der Waals surface area contributed by atoms with Crippen molar-refractivity contribution < 1.29 is 19.1 Å². The van der Waals surface area contributed by atoms with Crippen LogP contribution in [0.25, 0.3) is 0 Å². The molecule has 0 saturated heterocycles. The maximum Gasteiger partial charge on any atom is 0.409 e. The second kappa shape index (κ2) is 8.58. The monoisotopic (exact) mass is 368 g/mol. The maximum absolute atomic E-state index is 12.3. The van der Waals surface area contributed by atoms with Gasteiger partial charge in [-0.1, -0.05) is 18.2 Å². The van der Waals surface area contributed by atoms with Crippen LogP contribution in [0.1, 0.15) is 23.1 Å². The van der Waals surface area contributed by atoms with E-state index in [4.69, 9.17) is 9.47 Å². The number of hydrogen-bond acceptors (Lipinski definition) is 4. The molecule has 3 rings (SSSR count). The summed E-state index contributed by atoms with van der Waals surface area (Å²) >= 11 is 0. The van der Waals surface area contributed by atoms with Gasteiger partial charge in [-0.05, 0) is 53.8 Å². The summed E-state index contributed by atoms with van der Waals surface area (Å²) in [5, 5.41) is 2.94. The number of aryl methyl sites for hydroxylation is 1. The van der Waals surface area contributed by atoms with Gasteiger partial charge in [-0.15, -0.1) is 0 Å². The Hall–Kier alpha value is -3.02. The lowest BCUT2D eigenvalue weighted by Gasteiger charge is -2.28. The Labute approximate surface area is 159 Å². The van der Waals surface area contributed by atoms with Crippen LogP contribution in [-0.4, -0.2) is 37.7 Å². The Kier molecular flexibility index (Phi) is 5.96. The van der Waals surface area contributed by atoms with Crippen LogP contribution in [0.15, 0.2) is 42.5 Å². The van der Waals surface area contributed by atoms with Crippen LogP contribution in [0, 0.1) is 0 Å². The van der Waals surface area contributed by atoms with Gasteiger partial charge in [-0.25, -0.2) is 4.79 Å². The molecule has 0 fully saturated rings. The van der Waals surface area contributed by atoms with Gasteiger partial charge in [-0.3, -0.25) is 4.79 Å². The van der Waals surface area contributed by atoms with E-state index >= 15 is 0 Å². The van der Waals surface area contributed by atoms with Gasteiger partial charge in [0, 0.05) is 25.2 Å². The number of nitrogens with one attached hydrogen (secondary N) is 1. The third-order valence-corrected chi connectivity index (χ3v) is 4.73. The fraction of sp³-hybridized carbons (Fsp3) is 0.333. The minimum Gasteiger partial charge on any atom is -0.497 e. The molecular formula is C21H24N2O4. The molecule has 1 aliphatic heterocycles. The molecular weight excluding hydrogens is 344 g/mol. The second-order valence-corrected chi connectivity index (χ2v) is 6.52. The number of anilines is 1. The molecule has 0 spiro atoms. The molecule has 0 atom stereocenters. The molecule has 1 N–H and O–H groups in total. The first-order valence-corrected chi connectivity index (χ1v) is 8.96. The Morgan fingerprint density at radius 1 is 1.07 bits per heavy atom. The highest BCUT2D eigenvalue weighted by atomic mass is 16.5. The Morgan fingerprint density at radius 3 is 2.56 bits per heavy atom. The predicted molar refractivity (Wildman–Crippen MR) is 103 cm³/mol. The number of carbonyl (C=O) groups is 2. The average molecular weight is 368 g/mol. The topological polar surface area (TPSA) is 67.9 Å². The quantitative estimate of drug-likeness (QED) is 0.878. The zero-order valence-electron chi connectivity index (χ0n) is 15.7. The highest BCUT2D eigenvalue weighted by Crippen LogP contribution is 2.23. The highest BCUT2D eigenvalue weighted by molar-refractivity contribution is 5.91. The van der Waals surface area contributed by atoms with Gasteiger partial charge in [0.1, 0.15) is 5.75 Å². The van der Waals surface area contributed by atoms with Crippen LogP contribution in [0.3, 0.4) is 0 Å². The molecule has 2 aromatic carbocycles. The smallest absolute Gasteiger partial charge is 0.409 e. The van der Waals surface area contributed by atoms with E-state index in [9.17, 15) is 9.59 Å². The van der Waals surface area contributed by atoms with E-state index in [0.717, 1.165) is 29.0 Å². The molecule has 0 aromatic heterocycles. The number of methoxy groups -OCH3 is 2. The van der Waals surface area contributed by atoms with E-state index < -0.39 is 0 Å². The Morgan fingerprint density at radius 2 is 1.85 bits per heavy atom. The van der Waals surface area contributed by atoms with Gasteiger partial charge < -0.3 is 19.7 Å². The van der Waals surface area contributed by atoms with Crippen LogP contribution in [-0.2, 0) is 28.9 Å². The standard InChI is InChI=1S/C21H24N2O4/c1-26-19-8-3-15(4-9-19)5-10-20(24)22-18-7-6-16-11-12-23(21(25)27-2)14-17(16)13-18/h3-4,6-9,13H,5,10-12,14H2,1-2H3,(H,22,24). The second-order valence-electron chi connectivity index (χ2n) is 6.52. The van der Waals surface area contributed by atoms with Gasteiger partial charge in [0.15, 0.2) is 0 Å². The zero-order valence-corrected chi connectivity index (χ0v) is 15.7. The predicted octanol–water partition coefficient (Wildman–Crippen LogP) is 3.39. The van der Waals surface area contributed by atoms with Crippen molar-refractivity contribution in [3.8, 4) is 5.75 Å². The van der Waals surface area contributed by atoms with E-state index in [0.29, 0.717) is 25.9 Å². The van der Waals surface area contributed by atoms with Gasteiger partial charge >= 0.3 is 6.09 Å². The number of ether oxygens (including phenoxy) is 2. The first kappa shape index (κ1) is 18.8. The van der Waals surface area contributed by atoms with Crippen LogP contribution in [0.2, 0.25) is 0 Å². The van der Waals surface area contributed by atoms with E-state index in [1.807, 2.05) is 42.5 Å². The molecule has 2 aromatic rings. The summed E-state index contributed by atoms with van der Waals surface area (Å²) in [7, 11) is 3.02. The molecule has 0 unspecified atom stereocenters. The molecule has 6 nitrogen and oxygen atoms in total. The molecule has 0 aliphatic carbocycles. The van der Waals surface area contributed by atoms with Gasteiger partial charge in [0.25, 0.3) is 0 Å². The van der Waals surface area contributed by atoms with Crippen molar-refractivity contribution in [1.82, 2.24) is 4.90 Å². The number of benzene rings is 2. The molecule has 1 heterocycles. The third kappa shape index (κ3) is 4.78. The number of rotatable bonds is 5. The summed E-state index contributed by atoms with van der Waals surface area (Å²) in [6.07, 6.45) is 1.53. The van der Waals surface area contributed by atoms with Crippen molar-refractivity contribution in [2.75, 3.05) is 26.1 Å². The zero-order chi connectivity index (χ0) is 19.2. The minimum absolute atomic E-state index is 0.0357. The molecule has 6 heteroatoms. The third-order valence-electron chi connectivity index (χ3n) is 4.73. The van der Waals surface area contributed by atoms with Crippen LogP contribution in [0.5, 0.6) is 5.75 Å². The van der Waals surface area contributed by atoms with Crippen molar-refractivity contribution in [3.63, 3.8) is 0 Å². The van der Waals surface area contributed by atoms with Crippen molar-refractivity contribution in [2.24, 2.45) is 0 Å². The SMILES string of the molecule is COC(=O)N1CCc2ccc(NC(=O)CCc3ccc(OC)cc3)cc2C1. The number of hydrogen-bond donors (Lipinski definition) is 1. The van der Waals surface area contributed by atoms with E-state index in [1.54, 1.807) is 12.0 Å². The van der Waals surface area contributed by atoms with E-state index in [2.05, 4.69) is 5.32 Å². The Bertz CT molecular complexity index is 817. The van der Waals surface area contributed by atoms with Crippen molar-refractivity contribution in [2.45, 2.75) is 25.8 Å². The Balaban J connectivity index is 1.57. The normalized spacial score (nSPS) is 12.9. The number of amides is 2. The fourth-order valence-corrected chi connectivity index (χ4v) is 3.19. The molecule has 1 aliphatic rings. The summed E-state index contributed by atoms with van der Waals surface area (Å²) in [5.41, 5.74) is 4.08. The average Bonchev–Trinajstić information content (AvgIpc) is 2.71. The van der Waals surface area contributed by atoms with Gasteiger partial charge in [0.05, 0.1) is 14.2 Å². The van der Waals surface area contributed by atoms with Crippen molar-refractivity contribution in [1.29, 1.82) is 0 Å². The largest absolute Gasteiger partial charge is 0.497 e. The van der Waals surface area contributed by atoms with Crippen LogP contribution in [0.4, 0.5) is 10.5 Å². The summed E-state index contributed by atoms with van der Waals surface area (Å²) in [5.74, 6) is 0.768. The fourth-order valence-electron chi connectivity index (χ4n) is 3.19. The van der Waals surface area contributed by atoms with Gasteiger partial charge in [-0.2, -0.15) is 0 Å². The summed E-state index contributed by atoms with van der Waals surface area (Å²) in [6.45, 7) is 1.14. The molecule has 142 valence electrons.